The molecule has 1 heterocycles. The maximum atomic E-state index is 12.9. The molecule has 3 amide bonds. The highest BCUT2D eigenvalue weighted by molar-refractivity contribution is 5.67. The highest BCUT2D eigenvalue weighted by Gasteiger charge is 2.16. The molecule has 6 N–H and O–H groups in total. The van der Waals surface area contributed by atoms with Crippen molar-refractivity contribution < 1.29 is 43.9 Å². The van der Waals surface area contributed by atoms with Crippen molar-refractivity contribution in [2.45, 2.75) is 38.9 Å². The molecular formula is C21H36N6O12. The van der Waals surface area contributed by atoms with Crippen LogP contribution < -0.4 is 33.0 Å². The Hall–Kier alpha value is -3.90. The van der Waals surface area contributed by atoms with Crippen LogP contribution in [0.1, 0.15) is 19.3 Å². The first-order valence-electron chi connectivity index (χ1n) is 12.3. The summed E-state index contributed by atoms with van der Waals surface area (Å²) in [6, 6.07) is 0. The first-order chi connectivity index (χ1) is 18.8. The Balaban J connectivity index is 3.00. The summed E-state index contributed by atoms with van der Waals surface area (Å²) in [4.78, 5) is 73.8. The van der Waals surface area contributed by atoms with E-state index in [-0.39, 0.29) is 98.2 Å². The summed E-state index contributed by atoms with van der Waals surface area (Å²) in [5.74, 6) is 0. The van der Waals surface area contributed by atoms with Gasteiger partial charge in [-0.3, -0.25) is 0 Å². The maximum Gasteiger partial charge on any atom is 0.407 e. The van der Waals surface area contributed by atoms with Crippen LogP contribution in [0.3, 0.4) is 0 Å². The Morgan fingerprint density at radius 3 is 1.03 bits per heavy atom. The van der Waals surface area contributed by atoms with Crippen LogP contribution in [0.2, 0.25) is 0 Å². The molecule has 0 fully saturated rings. The highest BCUT2D eigenvalue weighted by atomic mass is 16.6. The number of aromatic nitrogens is 3. The van der Waals surface area contributed by atoms with Gasteiger partial charge in [-0.15, -0.1) is 0 Å². The molecule has 0 bridgehead atoms. The third-order valence-corrected chi connectivity index (χ3v) is 4.81. The monoisotopic (exact) mass is 564 g/mol. The van der Waals surface area contributed by atoms with E-state index >= 15 is 0 Å². The largest absolute Gasteiger partial charge is 0.449 e. The van der Waals surface area contributed by atoms with Crippen molar-refractivity contribution in [2.75, 3.05) is 59.3 Å². The molecule has 39 heavy (non-hydrogen) atoms. The van der Waals surface area contributed by atoms with Gasteiger partial charge in [-0.05, 0) is 0 Å². The topological polar surface area (TPSA) is 242 Å². The first-order valence-corrected chi connectivity index (χ1v) is 12.3. The van der Waals surface area contributed by atoms with Crippen LogP contribution in [0, 0.1) is 0 Å². The van der Waals surface area contributed by atoms with Crippen molar-refractivity contribution in [3.05, 3.63) is 31.5 Å². The summed E-state index contributed by atoms with van der Waals surface area (Å²) >= 11 is 0. The minimum Gasteiger partial charge on any atom is -0.449 e. The standard InChI is InChI=1S/C21H36N6O12/c28-10-1-13-37-16(31)22-4-7-25-19(34)26(8-5-23-17(32)38-14-2-11-29)21(36)27(20(25)35)9-6-24-18(33)39-15-3-12-30/h28-30H,1-15H2,(H,22,31)(H,23,32)(H,24,33). The number of hydrogen-bond donors (Lipinski definition) is 6. The Morgan fingerprint density at radius 1 is 0.538 bits per heavy atom. The molecule has 0 unspecified atom stereocenters. The maximum absolute atomic E-state index is 12.9. The molecule has 1 aromatic heterocycles. The molecule has 1 rings (SSSR count). The molecule has 0 saturated heterocycles. The number of aliphatic hydroxyl groups excluding tert-OH is 3. The van der Waals surface area contributed by atoms with Gasteiger partial charge in [0.2, 0.25) is 0 Å². The molecule has 18 nitrogen and oxygen atoms in total. The van der Waals surface area contributed by atoms with E-state index in [1.165, 1.54) is 0 Å². The minimum absolute atomic E-state index is 0.0369. The lowest BCUT2D eigenvalue weighted by molar-refractivity contribution is 0.134. The Kier molecular flexibility index (Phi) is 16.3. The van der Waals surface area contributed by atoms with Gasteiger partial charge in [0.1, 0.15) is 0 Å². The van der Waals surface area contributed by atoms with E-state index < -0.39 is 35.3 Å². The van der Waals surface area contributed by atoms with E-state index in [1.807, 2.05) is 0 Å². The number of alkyl carbamates (subject to hydrolysis) is 3. The second-order valence-corrected chi connectivity index (χ2v) is 7.72. The number of carbonyl (C=O) groups excluding carboxylic acids is 3. The molecule has 0 aliphatic heterocycles. The number of nitrogens with zero attached hydrogens (tertiary/aromatic N) is 3. The molecule has 0 atom stereocenters. The van der Waals surface area contributed by atoms with Crippen LogP contribution in [0.25, 0.3) is 0 Å². The Labute approximate surface area is 222 Å². The fourth-order valence-corrected chi connectivity index (χ4v) is 2.91. The van der Waals surface area contributed by atoms with Gasteiger partial charge in [-0.2, -0.15) is 0 Å². The van der Waals surface area contributed by atoms with Gasteiger partial charge in [0.05, 0.1) is 19.8 Å². The van der Waals surface area contributed by atoms with E-state index in [9.17, 15) is 28.8 Å². The summed E-state index contributed by atoms with van der Waals surface area (Å²) in [5.41, 5.74) is -2.99. The minimum atomic E-state index is -0.997. The number of ether oxygens (including phenoxy) is 3. The molecular weight excluding hydrogens is 528 g/mol. The quantitative estimate of drug-likeness (QED) is 0.0751. The summed E-state index contributed by atoms with van der Waals surface area (Å²) in [5, 5.41) is 33.2. The Morgan fingerprint density at radius 2 is 0.795 bits per heavy atom. The zero-order valence-electron chi connectivity index (χ0n) is 21.5. The van der Waals surface area contributed by atoms with E-state index in [0.29, 0.717) is 13.7 Å². The van der Waals surface area contributed by atoms with Crippen LogP contribution in [0.15, 0.2) is 14.4 Å². The molecule has 0 aromatic carbocycles. The second-order valence-electron chi connectivity index (χ2n) is 7.72. The third-order valence-electron chi connectivity index (χ3n) is 4.81. The highest BCUT2D eigenvalue weighted by Crippen LogP contribution is 1.86. The van der Waals surface area contributed by atoms with Gasteiger partial charge in [-0.25, -0.2) is 42.5 Å². The molecule has 0 aliphatic carbocycles. The van der Waals surface area contributed by atoms with Crippen molar-refractivity contribution in [3.63, 3.8) is 0 Å². The Bertz CT molecular complexity index is 919. The SMILES string of the molecule is O=C(NCCn1c(=O)n(CCNC(=O)OCCCO)c(=O)n(CCNC(=O)OCCCO)c1=O)OCCCO. The predicted molar refractivity (Wildman–Crippen MR) is 132 cm³/mol. The lowest BCUT2D eigenvalue weighted by Gasteiger charge is -2.15. The summed E-state index contributed by atoms with van der Waals surface area (Å²) in [7, 11) is 0. The fraction of sp³-hybridized carbons (Fsp3) is 0.714. The second kappa shape index (κ2) is 19.2. The molecule has 0 spiro atoms. The first kappa shape index (κ1) is 33.1. The van der Waals surface area contributed by atoms with E-state index in [2.05, 4.69) is 16.0 Å². The van der Waals surface area contributed by atoms with Gasteiger partial charge in [0.15, 0.2) is 0 Å². The molecule has 0 saturated carbocycles. The third kappa shape index (κ3) is 12.5. The average Bonchev–Trinajstić information content (AvgIpc) is 2.90. The number of rotatable bonds is 18. The van der Waals surface area contributed by atoms with Gasteiger partial charge in [0.25, 0.3) is 0 Å². The van der Waals surface area contributed by atoms with Crippen molar-refractivity contribution in [3.8, 4) is 0 Å². The van der Waals surface area contributed by atoms with Crippen molar-refractivity contribution in [1.29, 1.82) is 0 Å². The van der Waals surface area contributed by atoms with E-state index in [4.69, 9.17) is 29.5 Å². The van der Waals surface area contributed by atoms with Gasteiger partial charge in [0, 0.05) is 78.4 Å². The van der Waals surface area contributed by atoms with Crippen LogP contribution >= 0.6 is 0 Å². The van der Waals surface area contributed by atoms with Gasteiger partial charge in [-0.1, -0.05) is 0 Å². The molecule has 222 valence electrons. The molecule has 18 heteroatoms. The lowest BCUT2D eigenvalue weighted by atomic mass is 10.5. The normalized spacial score (nSPS) is 10.5. The van der Waals surface area contributed by atoms with E-state index in [1.54, 1.807) is 0 Å². The van der Waals surface area contributed by atoms with Crippen LogP contribution in [-0.2, 0) is 33.8 Å². The zero-order valence-corrected chi connectivity index (χ0v) is 21.5. The number of amides is 3. The lowest BCUT2D eigenvalue weighted by Crippen LogP contribution is -2.56. The number of carbonyl (C=O) groups is 3. The summed E-state index contributed by atoms with van der Waals surface area (Å²) in [6.07, 6.45) is -1.81. The number of hydrogen-bond acceptors (Lipinski definition) is 12. The molecule has 0 radical (unpaired) electrons. The van der Waals surface area contributed by atoms with Crippen molar-refractivity contribution in [1.82, 2.24) is 29.7 Å². The summed E-state index contributed by atoms with van der Waals surface area (Å²) in [6.45, 7) is -2.26. The molecule has 0 aliphatic rings. The van der Waals surface area contributed by atoms with E-state index in [0.717, 1.165) is 0 Å². The predicted octanol–water partition coefficient (Wildman–Crippen LogP) is -3.50. The van der Waals surface area contributed by atoms with Crippen molar-refractivity contribution >= 4 is 18.3 Å². The van der Waals surface area contributed by atoms with Crippen molar-refractivity contribution in [2.24, 2.45) is 0 Å². The van der Waals surface area contributed by atoms with Gasteiger partial charge < -0.3 is 45.5 Å². The van der Waals surface area contributed by atoms with Crippen LogP contribution in [-0.4, -0.2) is 107 Å². The number of nitrogens with one attached hydrogen (secondary N) is 3. The molecule has 1 aromatic rings. The van der Waals surface area contributed by atoms with Gasteiger partial charge >= 0.3 is 35.3 Å². The number of aliphatic hydroxyl groups is 3. The summed E-state index contributed by atoms with van der Waals surface area (Å²) < 4.78 is 16.5. The van der Waals surface area contributed by atoms with Crippen LogP contribution in [0.4, 0.5) is 14.4 Å². The average molecular weight is 565 g/mol. The fourth-order valence-electron chi connectivity index (χ4n) is 2.91. The van der Waals surface area contributed by atoms with Crippen LogP contribution in [0.5, 0.6) is 0 Å². The smallest absolute Gasteiger partial charge is 0.407 e. The zero-order chi connectivity index (χ0) is 29.0.